The number of carbonyl (C=O) groups is 4. The zero-order valence-corrected chi connectivity index (χ0v) is 18.1. The van der Waals surface area contributed by atoms with Gasteiger partial charge in [-0.25, -0.2) is 9.59 Å². The normalized spacial score (nSPS) is 20.0. The molecule has 0 aromatic carbocycles. The molecule has 180 valence electrons. The number of nitrogens with two attached hydrogens (primary N) is 1. The van der Waals surface area contributed by atoms with Crippen molar-refractivity contribution in [2.45, 2.75) is 77.7 Å². The van der Waals surface area contributed by atoms with Crippen LogP contribution in [0.4, 0.5) is 13.2 Å². The lowest BCUT2D eigenvalue weighted by Gasteiger charge is -2.30. The zero-order valence-electron chi connectivity index (χ0n) is 18.1. The Bertz CT molecular complexity index is 644. The molecule has 0 bridgehead atoms. The highest BCUT2D eigenvalue weighted by molar-refractivity contribution is 5.92. The maximum atomic E-state index is 12.6. The standard InChI is InChI=1S/C17H31N3O4.C2HF3O2/c1-5-10(3)13(18)16(22)20-9-7-8-12(20)15(21)19-14(17(23)24)11(4)6-2;3-2(4,5)1(6)7/h10-14H,5-9,18H2,1-4H3,(H,19,21)(H,23,24);(H,6,7). The Hall–Kier alpha value is -2.37. The monoisotopic (exact) mass is 455 g/mol. The molecule has 0 aromatic rings. The van der Waals surface area contributed by atoms with Gasteiger partial charge in [-0.15, -0.1) is 0 Å². The molecule has 0 aromatic heterocycles. The van der Waals surface area contributed by atoms with Gasteiger partial charge in [-0.3, -0.25) is 9.59 Å². The lowest BCUT2D eigenvalue weighted by Crippen LogP contribution is -2.55. The second-order valence-corrected chi connectivity index (χ2v) is 7.61. The first-order chi connectivity index (χ1) is 14.2. The first-order valence-electron chi connectivity index (χ1n) is 10.1. The van der Waals surface area contributed by atoms with Gasteiger partial charge in [-0.1, -0.05) is 40.5 Å². The maximum Gasteiger partial charge on any atom is 0.490 e. The molecular weight excluding hydrogens is 423 g/mol. The number of alkyl halides is 3. The van der Waals surface area contributed by atoms with E-state index in [1.807, 2.05) is 20.8 Å². The van der Waals surface area contributed by atoms with E-state index in [1.54, 1.807) is 6.92 Å². The molecule has 12 heteroatoms. The van der Waals surface area contributed by atoms with Crippen LogP contribution in [-0.2, 0) is 19.2 Å². The van der Waals surface area contributed by atoms with Crippen LogP contribution in [0.3, 0.4) is 0 Å². The van der Waals surface area contributed by atoms with E-state index in [0.717, 1.165) is 12.8 Å². The maximum absolute atomic E-state index is 12.6. The Kier molecular flexibility index (Phi) is 11.5. The summed E-state index contributed by atoms with van der Waals surface area (Å²) in [6, 6.07) is -2.20. The summed E-state index contributed by atoms with van der Waals surface area (Å²) in [5, 5.41) is 19.0. The number of amides is 2. The fourth-order valence-electron chi connectivity index (χ4n) is 2.92. The second kappa shape index (κ2) is 12.5. The fraction of sp³-hybridized carbons (Fsp3) is 0.789. The van der Waals surface area contributed by atoms with Gasteiger partial charge in [0.2, 0.25) is 11.8 Å². The van der Waals surface area contributed by atoms with Gasteiger partial charge in [0.05, 0.1) is 6.04 Å². The third-order valence-corrected chi connectivity index (χ3v) is 5.40. The number of nitrogens with one attached hydrogen (secondary N) is 1. The van der Waals surface area contributed by atoms with Crippen LogP contribution in [-0.4, -0.2) is 69.7 Å². The van der Waals surface area contributed by atoms with E-state index in [9.17, 15) is 32.7 Å². The smallest absolute Gasteiger partial charge is 0.480 e. The third-order valence-electron chi connectivity index (χ3n) is 5.40. The lowest BCUT2D eigenvalue weighted by molar-refractivity contribution is -0.192. The fourth-order valence-corrected chi connectivity index (χ4v) is 2.92. The summed E-state index contributed by atoms with van der Waals surface area (Å²) < 4.78 is 31.7. The highest BCUT2D eigenvalue weighted by Gasteiger charge is 2.39. The van der Waals surface area contributed by atoms with Gasteiger partial charge in [-0.2, -0.15) is 13.2 Å². The molecule has 0 aliphatic carbocycles. The lowest BCUT2D eigenvalue weighted by atomic mass is 9.97. The molecule has 1 saturated heterocycles. The SMILES string of the molecule is CCC(C)C(N)C(=O)N1CCCC1C(=O)NC(C(=O)O)C(C)CC.O=C(O)C(F)(F)F. The number of hydrogen-bond donors (Lipinski definition) is 4. The van der Waals surface area contributed by atoms with Crippen LogP contribution in [0.15, 0.2) is 0 Å². The topological polar surface area (TPSA) is 150 Å². The third kappa shape index (κ3) is 8.72. The van der Waals surface area contributed by atoms with E-state index in [2.05, 4.69) is 5.32 Å². The van der Waals surface area contributed by atoms with Gasteiger partial charge < -0.3 is 26.2 Å². The Balaban J connectivity index is 0.00000110. The van der Waals surface area contributed by atoms with Crippen molar-refractivity contribution in [2.75, 3.05) is 6.54 Å². The molecule has 1 fully saturated rings. The van der Waals surface area contributed by atoms with Crippen LogP contribution in [0, 0.1) is 11.8 Å². The molecule has 5 N–H and O–H groups in total. The number of carboxylic acids is 2. The van der Waals surface area contributed by atoms with Gasteiger partial charge in [0.25, 0.3) is 0 Å². The summed E-state index contributed by atoms with van der Waals surface area (Å²) in [5.74, 6) is -4.58. The molecule has 2 amide bonds. The molecule has 31 heavy (non-hydrogen) atoms. The van der Waals surface area contributed by atoms with Crippen molar-refractivity contribution in [1.29, 1.82) is 0 Å². The van der Waals surface area contributed by atoms with Crippen LogP contribution in [0.2, 0.25) is 0 Å². The Morgan fingerprint density at radius 3 is 1.97 bits per heavy atom. The van der Waals surface area contributed by atoms with E-state index in [0.29, 0.717) is 19.4 Å². The quantitative estimate of drug-likeness (QED) is 0.434. The van der Waals surface area contributed by atoms with Crippen LogP contribution < -0.4 is 11.1 Å². The van der Waals surface area contributed by atoms with E-state index in [1.165, 1.54) is 4.90 Å². The van der Waals surface area contributed by atoms with Crippen molar-refractivity contribution >= 4 is 23.8 Å². The number of hydrogen-bond acceptors (Lipinski definition) is 5. The van der Waals surface area contributed by atoms with E-state index in [-0.39, 0.29) is 17.7 Å². The average molecular weight is 455 g/mol. The number of aliphatic carboxylic acids is 2. The molecule has 1 heterocycles. The molecule has 1 rings (SSSR count). The van der Waals surface area contributed by atoms with E-state index in [4.69, 9.17) is 15.6 Å². The molecule has 0 radical (unpaired) electrons. The van der Waals surface area contributed by atoms with Crippen molar-refractivity contribution in [1.82, 2.24) is 10.2 Å². The molecule has 5 atom stereocenters. The first-order valence-corrected chi connectivity index (χ1v) is 10.1. The van der Waals surface area contributed by atoms with Crippen LogP contribution >= 0.6 is 0 Å². The number of halogens is 3. The minimum Gasteiger partial charge on any atom is -0.480 e. The Morgan fingerprint density at radius 2 is 1.58 bits per heavy atom. The second-order valence-electron chi connectivity index (χ2n) is 7.61. The first kappa shape index (κ1) is 28.6. The number of carboxylic acid groups (broad SMARTS) is 2. The van der Waals surface area contributed by atoms with E-state index >= 15 is 0 Å². The van der Waals surface area contributed by atoms with Crippen LogP contribution in [0.25, 0.3) is 0 Å². The van der Waals surface area contributed by atoms with Gasteiger partial charge >= 0.3 is 18.1 Å². The summed E-state index contributed by atoms with van der Waals surface area (Å²) in [7, 11) is 0. The zero-order chi connectivity index (χ0) is 24.5. The van der Waals surface area contributed by atoms with Gasteiger partial charge in [0, 0.05) is 6.54 Å². The number of likely N-dealkylation sites (tertiary alicyclic amines) is 1. The molecular formula is C19H32F3N3O6. The summed E-state index contributed by atoms with van der Waals surface area (Å²) in [6.45, 7) is 8.04. The van der Waals surface area contributed by atoms with Gasteiger partial charge in [0.15, 0.2) is 0 Å². The Labute approximate surface area is 179 Å². The molecule has 1 aliphatic heterocycles. The summed E-state index contributed by atoms with van der Waals surface area (Å²) >= 11 is 0. The molecule has 0 saturated carbocycles. The highest BCUT2D eigenvalue weighted by atomic mass is 19.4. The van der Waals surface area contributed by atoms with Gasteiger partial charge in [-0.05, 0) is 24.7 Å². The molecule has 5 unspecified atom stereocenters. The predicted octanol–water partition coefficient (Wildman–Crippen LogP) is 1.60. The molecule has 1 aliphatic rings. The van der Waals surface area contributed by atoms with Crippen molar-refractivity contribution < 1.29 is 42.6 Å². The number of carbonyl (C=O) groups excluding carboxylic acids is 2. The minimum absolute atomic E-state index is 0.0358. The highest BCUT2D eigenvalue weighted by Crippen LogP contribution is 2.21. The van der Waals surface area contributed by atoms with Crippen LogP contribution in [0.1, 0.15) is 53.4 Å². The van der Waals surface area contributed by atoms with Crippen molar-refractivity contribution in [3.63, 3.8) is 0 Å². The van der Waals surface area contributed by atoms with Crippen molar-refractivity contribution in [3.8, 4) is 0 Å². The number of nitrogens with zero attached hydrogens (tertiary/aromatic N) is 1. The summed E-state index contributed by atoms with van der Waals surface area (Å²) in [5.41, 5.74) is 6.02. The molecule has 9 nitrogen and oxygen atoms in total. The minimum atomic E-state index is -5.08. The largest absolute Gasteiger partial charge is 0.490 e. The van der Waals surface area contributed by atoms with Crippen molar-refractivity contribution in [3.05, 3.63) is 0 Å². The van der Waals surface area contributed by atoms with E-state index < -0.39 is 42.1 Å². The van der Waals surface area contributed by atoms with Crippen molar-refractivity contribution in [2.24, 2.45) is 17.6 Å². The summed E-state index contributed by atoms with van der Waals surface area (Å²) in [6.07, 6.45) is -2.40. The Morgan fingerprint density at radius 1 is 1.10 bits per heavy atom. The average Bonchev–Trinajstić information content (AvgIpc) is 3.18. The van der Waals surface area contributed by atoms with Gasteiger partial charge in [0.1, 0.15) is 12.1 Å². The number of rotatable bonds is 8. The van der Waals surface area contributed by atoms with Crippen LogP contribution in [0.5, 0.6) is 0 Å². The molecule has 0 spiro atoms. The summed E-state index contributed by atoms with van der Waals surface area (Å²) in [4.78, 5) is 46.9. The predicted molar refractivity (Wildman–Crippen MR) is 105 cm³/mol.